The van der Waals surface area contributed by atoms with Gasteiger partial charge < -0.3 is 27.0 Å². The molecule has 2 fully saturated rings. The van der Waals surface area contributed by atoms with Gasteiger partial charge in [-0.2, -0.15) is 35.8 Å². The van der Waals surface area contributed by atoms with Crippen LogP contribution in [-0.4, -0.2) is 76.1 Å². The summed E-state index contributed by atoms with van der Waals surface area (Å²) >= 11 is 0. The first kappa shape index (κ1) is 46.5. The quantitative estimate of drug-likeness (QED) is 0.0818. The highest BCUT2D eigenvalue weighted by Gasteiger charge is 2.75. The van der Waals surface area contributed by atoms with Crippen LogP contribution in [0.1, 0.15) is 65.8 Å². The number of hydrogen-bond donors (Lipinski definition) is 6. The van der Waals surface area contributed by atoms with Crippen LogP contribution in [-0.2, 0) is 26.7 Å². The minimum Gasteiger partial charge on any atom is -0.354 e. The number of nitrogens with one attached hydrogen (secondary N) is 5. The summed E-state index contributed by atoms with van der Waals surface area (Å²) < 4.78 is 93.4. The highest BCUT2D eigenvalue weighted by atomic mass is 35.5. The average Bonchev–Trinajstić information content (AvgIpc) is 3.73. The number of halogens is 8. The Morgan fingerprint density at radius 1 is 0.885 bits per heavy atom. The smallest absolute Gasteiger partial charge is 0.354 e. The van der Waals surface area contributed by atoms with Crippen molar-refractivity contribution in [3.05, 3.63) is 89.2 Å². The predicted octanol–water partition coefficient (Wildman–Crippen LogP) is 6.60. The van der Waals surface area contributed by atoms with E-state index in [2.05, 4.69) is 31.3 Å². The molecule has 1 aromatic heterocycles. The standard InChI is InChI=1S/C41H43F7N8O4.ClH/c1-22-19-28(35(58)52-31-3-2-18-50-36(31)59)14-17-30(22)25-8-4-23(5-9-25)20-32(53-34(57)27-10-6-24(21-49)7-11-27)37(60)51-29-15-12-26(13-16-29)33-54-38(56-55-33)39(42,43)40(44,45)41(46,47)48;/h4-5,8-9,12-17,19,24,27,31-32H,2-3,6-7,10-11,18,20-21,49H2,1H3,(H,50,59)(H,51,60)(H,52,58)(H,53,57)(H,54,55,56);1H/t24?,27?,31?,32-;/m0./s1. The Balaban J connectivity index is 0.00000704. The molecule has 0 spiro atoms. The van der Waals surface area contributed by atoms with Crippen LogP contribution < -0.4 is 27.0 Å². The second-order valence-electron chi connectivity index (χ2n) is 15.1. The molecule has 2 aliphatic rings. The number of carbonyl (C=O) groups is 4. The zero-order valence-electron chi connectivity index (χ0n) is 32.7. The molecule has 7 N–H and O–H groups in total. The van der Waals surface area contributed by atoms with Gasteiger partial charge in [0.1, 0.15) is 12.1 Å². The molecule has 1 unspecified atom stereocenters. The van der Waals surface area contributed by atoms with Gasteiger partial charge in [0.25, 0.3) is 5.91 Å². The van der Waals surface area contributed by atoms with E-state index in [0.717, 1.165) is 36.0 Å². The fourth-order valence-electron chi connectivity index (χ4n) is 7.29. The van der Waals surface area contributed by atoms with Crippen LogP contribution >= 0.6 is 12.4 Å². The number of amides is 4. The lowest BCUT2D eigenvalue weighted by Gasteiger charge is -2.28. The van der Waals surface area contributed by atoms with Gasteiger partial charge in [0.05, 0.1) is 0 Å². The maximum Gasteiger partial charge on any atom is 0.460 e. The van der Waals surface area contributed by atoms with Gasteiger partial charge in [0.15, 0.2) is 5.82 Å². The molecular weight excluding hydrogens is 837 g/mol. The molecule has 61 heavy (non-hydrogen) atoms. The highest BCUT2D eigenvalue weighted by molar-refractivity contribution is 5.99. The summed E-state index contributed by atoms with van der Waals surface area (Å²) in [6, 6.07) is 16.0. The van der Waals surface area contributed by atoms with Crippen molar-refractivity contribution < 1.29 is 49.9 Å². The first-order valence-corrected chi connectivity index (χ1v) is 19.3. The van der Waals surface area contributed by atoms with Crippen LogP contribution in [0.5, 0.6) is 0 Å². The lowest BCUT2D eigenvalue weighted by Crippen LogP contribution is -2.50. The van der Waals surface area contributed by atoms with E-state index in [0.29, 0.717) is 49.4 Å². The fourth-order valence-corrected chi connectivity index (χ4v) is 7.29. The number of rotatable bonds is 13. The molecule has 1 saturated carbocycles. The van der Waals surface area contributed by atoms with Crippen LogP contribution in [0, 0.1) is 18.8 Å². The molecule has 328 valence electrons. The summed E-state index contributed by atoms with van der Waals surface area (Å²) in [6.45, 7) is 2.96. The molecule has 3 aromatic carbocycles. The van der Waals surface area contributed by atoms with Crippen LogP contribution in [0.3, 0.4) is 0 Å². The van der Waals surface area contributed by atoms with Gasteiger partial charge in [-0.3, -0.25) is 24.3 Å². The van der Waals surface area contributed by atoms with Gasteiger partial charge >= 0.3 is 18.0 Å². The average molecular weight is 881 g/mol. The maximum absolute atomic E-state index is 14.2. The minimum absolute atomic E-state index is 0. The van der Waals surface area contributed by atoms with E-state index in [-0.39, 0.29) is 53.7 Å². The molecule has 1 saturated heterocycles. The fraction of sp³-hybridized carbons (Fsp3) is 0.415. The van der Waals surface area contributed by atoms with E-state index in [1.54, 1.807) is 12.1 Å². The normalized spacial score (nSPS) is 18.9. The van der Waals surface area contributed by atoms with Crippen LogP contribution in [0.25, 0.3) is 22.5 Å². The maximum atomic E-state index is 14.2. The SMILES string of the molecule is Cc1cc(C(=O)NC2CCCNC2=O)ccc1-c1ccc(C[C@H](NC(=O)C2CCC(CN)CC2)C(=O)Nc2ccc(-c3n[nH]c(C(F)(F)C(F)(F)C(F)(F)F)n3)cc2)cc1.Cl. The van der Waals surface area contributed by atoms with Crippen molar-refractivity contribution in [3.63, 3.8) is 0 Å². The lowest BCUT2D eigenvalue weighted by molar-refractivity contribution is -0.361. The molecule has 1 aliphatic carbocycles. The number of aryl methyl sites for hydroxylation is 1. The molecule has 2 heterocycles. The largest absolute Gasteiger partial charge is 0.460 e. The molecule has 6 rings (SSSR count). The number of H-pyrrole nitrogens is 1. The van der Waals surface area contributed by atoms with E-state index in [1.165, 1.54) is 29.4 Å². The zero-order chi connectivity index (χ0) is 43.4. The molecule has 20 heteroatoms. The third-order valence-electron chi connectivity index (χ3n) is 10.9. The second kappa shape index (κ2) is 19.0. The number of piperidine rings is 1. The first-order chi connectivity index (χ1) is 28.4. The number of carbonyl (C=O) groups excluding carboxylic acids is 4. The molecule has 2 atom stereocenters. The lowest BCUT2D eigenvalue weighted by atomic mass is 9.81. The number of aromatic nitrogens is 3. The molecule has 0 bridgehead atoms. The molecule has 4 aromatic rings. The number of benzene rings is 3. The molecule has 12 nitrogen and oxygen atoms in total. The Morgan fingerprint density at radius 2 is 1.54 bits per heavy atom. The zero-order valence-corrected chi connectivity index (χ0v) is 33.5. The Labute approximate surface area is 351 Å². The van der Waals surface area contributed by atoms with Crippen molar-refractivity contribution in [1.29, 1.82) is 0 Å². The van der Waals surface area contributed by atoms with Gasteiger partial charge in [0.2, 0.25) is 23.5 Å². The molecular formula is C41H44ClF7N8O4. The number of nitrogens with zero attached hydrogens (tertiary/aromatic N) is 2. The Bertz CT molecular complexity index is 2200. The number of hydrogen-bond acceptors (Lipinski definition) is 7. The Morgan fingerprint density at radius 3 is 2.15 bits per heavy atom. The van der Waals surface area contributed by atoms with Crippen molar-refractivity contribution in [2.45, 2.75) is 82.0 Å². The summed E-state index contributed by atoms with van der Waals surface area (Å²) in [4.78, 5) is 55.4. The van der Waals surface area contributed by atoms with Crippen molar-refractivity contribution in [2.75, 3.05) is 18.4 Å². The summed E-state index contributed by atoms with van der Waals surface area (Å²) in [6.07, 6.45) is -2.38. The first-order valence-electron chi connectivity index (χ1n) is 19.3. The van der Waals surface area contributed by atoms with E-state index >= 15 is 0 Å². The molecule has 0 radical (unpaired) electrons. The molecule has 1 aliphatic heterocycles. The van der Waals surface area contributed by atoms with Crippen LogP contribution in [0.4, 0.5) is 36.4 Å². The van der Waals surface area contributed by atoms with E-state index in [1.807, 2.05) is 37.3 Å². The number of anilines is 1. The van der Waals surface area contributed by atoms with Crippen LogP contribution in [0.2, 0.25) is 0 Å². The summed E-state index contributed by atoms with van der Waals surface area (Å²) in [7, 11) is 0. The topological polar surface area (TPSA) is 184 Å². The predicted molar refractivity (Wildman–Crippen MR) is 213 cm³/mol. The van der Waals surface area contributed by atoms with Gasteiger partial charge in [-0.1, -0.05) is 30.3 Å². The highest BCUT2D eigenvalue weighted by Crippen LogP contribution is 2.51. The van der Waals surface area contributed by atoms with E-state index in [4.69, 9.17) is 5.73 Å². The minimum atomic E-state index is -6.56. The van der Waals surface area contributed by atoms with E-state index in [9.17, 15) is 49.9 Å². The Kier molecular flexibility index (Phi) is 14.5. The summed E-state index contributed by atoms with van der Waals surface area (Å²) in [5, 5.41) is 16.0. The number of alkyl halides is 7. The number of nitrogens with two attached hydrogens (primary N) is 1. The second-order valence-corrected chi connectivity index (χ2v) is 15.1. The third-order valence-corrected chi connectivity index (χ3v) is 10.9. The summed E-state index contributed by atoms with van der Waals surface area (Å²) in [5.74, 6) is -16.2. The van der Waals surface area contributed by atoms with Gasteiger partial charge in [0, 0.05) is 35.7 Å². The third kappa shape index (κ3) is 10.5. The van der Waals surface area contributed by atoms with Gasteiger partial charge in [-0.15, -0.1) is 12.4 Å². The summed E-state index contributed by atoms with van der Waals surface area (Å²) in [5.41, 5.74) is 9.56. The van der Waals surface area contributed by atoms with Gasteiger partial charge in [-0.25, -0.2) is 4.98 Å². The molecule has 4 amide bonds. The number of aromatic amines is 1. The van der Waals surface area contributed by atoms with Crippen molar-refractivity contribution >= 4 is 41.7 Å². The van der Waals surface area contributed by atoms with Crippen molar-refractivity contribution in [3.8, 4) is 22.5 Å². The monoisotopic (exact) mass is 880 g/mol. The van der Waals surface area contributed by atoms with Crippen molar-refractivity contribution in [1.82, 2.24) is 31.1 Å². The van der Waals surface area contributed by atoms with Crippen LogP contribution in [0.15, 0.2) is 66.7 Å². The van der Waals surface area contributed by atoms with Crippen molar-refractivity contribution in [2.24, 2.45) is 17.6 Å². The van der Waals surface area contributed by atoms with Gasteiger partial charge in [-0.05, 0) is 117 Å². The van der Waals surface area contributed by atoms with E-state index < -0.39 is 47.7 Å². The Hall–Kier alpha value is -5.56.